The summed E-state index contributed by atoms with van der Waals surface area (Å²) in [7, 11) is -2.90. The molecule has 2 heterocycles. The van der Waals surface area contributed by atoms with Gasteiger partial charge in [0.2, 0.25) is 0 Å². The van der Waals surface area contributed by atoms with Crippen LogP contribution in [0.4, 0.5) is 26.0 Å². The minimum Gasteiger partial charge on any atom is -0.365 e. The summed E-state index contributed by atoms with van der Waals surface area (Å²) in [6, 6.07) is 5.62. The van der Waals surface area contributed by atoms with Gasteiger partial charge in [0.15, 0.2) is 11.6 Å². The van der Waals surface area contributed by atoms with Crippen LogP contribution in [0.3, 0.4) is 0 Å². The fourth-order valence-corrected chi connectivity index (χ4v) is 3.99. The largest absolute Gasteiger partial charge is 0.365 e. The maximum atomic E-state index is 14.9. The number of nitrogens with two attached hydrogens (primary N) is 1. The lowest BCUT2D eigenvalue weighted by atomic mass is 10.1. The fourth-order valence-electron chi connectivity index (χ4n) is 3.03. The van der Waals surface area contributed by atoms with E-state index >= 15 is 0 Å². The molecule has 0 aliphatic rings. The van der Waals surface area contributed by atoms with Gasteiger partial charge in [0.25, 0.3) is 21.7 Å². The Hall–Kier alpha value is -3.11. The Bertz CT molecular complexity index is 1450. The number of pyridine rings is 2. The van der Waals surface area contributed by atoms with Crippen LogP contribution in [0, 0.1) is 22.1 Å². The molecule has 10 nitrogen and oxygen atoms in total. The summed E-state index contributed by atoms with van der Waals surface area (Å²) in [5.74, 6) is -3.07. The van der Waals surface area contributed by atoms with Crippen molar-refractivity contribution < 1.29 is 22.0 Å². The molecule has 14 heteroatoms. The quantitative estimate of drug-likeness (QED) is 0.290. The van der Waals surface area contributed by atoms with E-state index in [4.69, 9.17) is 5.73 Å². The maximum absolute atomic E-state index is 14.9. The first kappa shape index (κ1) is 25.5. The van der Waals surface area contributed by atoms with Gasteiger partial charge in [0.1, 0.15) is 5.82 Å². The second-order valence-corrected chi connectivity index (χ2v) is 9.90. The molecule has 0 saturated carbocycles. The Balaban J connectivity index is 2.05. The smallest absolute Gasteiger partial charge is 0.300 e. The zero-order valence-electron chi connectivity index (χ0n) is 17.8. The summed E-state index contributed by atoms with van der Waals surface area (Å²) < 4.78 is 58.1. The van der Waals surface area contributed by atoms with Crippen molar-refractivity contribution in [2.75, 3.05) is 17.1 Å². The summed E-state index contributed by atoms with van der Waals surface area (Å²) in [5, 5.41) is 2.74. The Morgan fingerprint density at radius 2 is 1.97 bits per heavy atom. The van der Waals surface area contributed by atoms with Crippen molar-refractivity contribution in [3.63, 3.8) is 0 Å². The molecule has 180 valence electrons. The average Bonchev–Trinajstić information content (AvgIpc) is 2.77. The number of hydrogen-bond donors (Lipinski definition) is 4. The Labute approximate surface area is 206 Å². The Morgan fingerprint density at radius 1 is 1.26 bits per heavy atom. The first-order chi connectivity index (χ1) is 15.9. The van der Waals surface area contributed by atoms with E-state index in [1.807, 2.05) is 32.0 Å². The number of rotatable bonds is 8. The lowest BCUT2D eigenvalue weighted by molar-refractivity contribution is 0.1000. The van der Waals surface area contributed by atoms with Crippen molar-refractivity contribution in [1.29, 1.82) is 0 Å². The molecule has 0 radical (unpaired) electrons. The van der Waals surface area contributed by atoms with E-state index in [0.717, 1.165) is 24.0 Å². The topological polar surface area (TPSA) is 148 Å². The number of anilines is 3. The normalized spacial score (nSPS) is 11.3. The molecule has 34 heavy (non-hydrogen) atoms. The van der Waals surface area contributed by atoms with Crippen molar-refractivity contribution in [3.8, 4) is 0 Å². The van der Waals surface area contributed by atoms with E-state index in [-0.39, 0.29) is 34.6 Å². The average molecular weight is 604 g/mol. The van der Waals surface area contributed by atoms with E-state index < -0.39 is 39.1 Å². The molecule has 0 saturated heterocycles. The van der Waals surface area contributed by atoms with Gasteiger partial charge in [0, 0.05) is 34.1 Å². The molecule has 2 aromatic heterocycles. The monoisotopic (exact) mass is 604 g/mol. The highest BCUT2D eigenvalue weighted by Gasteiger charge is 2.20. The van der Waals surface area contributed by atoms with Gasteiger partial charge >= 0.3 is 0 Å². The number of nitrogens with one attached hydrogen (secondary N) is 3. The molecular weight excluding hydrogens is 585 g/mol. The molecule has 0 aliphatic heterocycles. The van der Waals surface area contributed by atoms with Crippen molar-refractivity contribution in [1.82, 2.24) is 14.3 Å². The van der Waals surface area contributed by atoms with Crippen LogP contribution < -0.4 is 26.1 Å². The van der Waals surface area contributed by atoms with Gasteiger partial charge < -0.3 is 15.6 Å². The minimum atomic E-state index is -4.03. The highest BCUT2D eigenvalue weighted by Crippen LogP contribution is 2.26. The fraction of sp³-hybridized carbons (Fsp3) is 0.150. The molecular formula is C20H19F2IN6O4S. The number of aromatic nitrogens is 2. The standard InChI is InChI=1S/C20H19F2IN6O4S/c1-10-17(27-15-4-3-12(23)7-14(15)21)13(18(24)30)9-29(20(10)31)8-11-5-6-26-19(16(11)22)28-34(32,33)25-2/h3-7,9,25,27H,8H2,1-2H3,(H2,24,30)(H,26,28). The van der Waals surface area contributed by atoms with Crippen LogP contribution in [0.5, 0.6) is 0 Å². The number of halogens is 3. The molecule has 0 unspecified atom stereocenters. The molecule has 0 fully saturated rings. The number of hydrogen-bond acceptors (Lipinski definition) is 6. The third kappa shape index (κ3) is 5.51. The number of carbonyl (C=O) groups is 1. The first-order valence-electron chi connectivity index (χ1n) is 9.54. The predicted molar refractivity (Wildman–Crippen MR) is 131 cm³/mol. The van der Waals surface area contributed by atoms with Gasteiger partial charge in [0.05, 0.1) is 23.5 Å². The second kappa shape index (κ2) is 10.0. The van der Waals surface area contributed by atoms with E-state index in [1.54, 1.807) is 6.07 Å². The summed E-state index contributed by atoms with van der Waals surface area (Å²) in [6.45, 7) is 1.05. The Morgan fingerprint density at radius 3 is 2.59 bits per heavy atom. The molecule has 0 bridgehead atoms. The highest BCUT2D eigenvalue weighted by molar-refractivity contribution is 14.1. The van der Waals surface area contributed by atoms with Crippen molar-refractivity contribution in [2.24, 2.45) is 5.73 Å². The molecule has 1 aromatic carbocycles. The van der Waals surface area contributed by atoms with Crippen LogP contribution in [0.25, 0.3) is 0 Å². The van der Waals surface area contributed by atoms with Gasteiger partial charge in [-0.2, -0.15) is 8.42 Å². The number of benzene rings is 1. The molecule has 0 aliphatic carbocycles. The van der Waals surface area contributed by atoms with Crippen molar-refractivity contribution in [2.45, 2.75) is 13.5 Å². The van der Waals surface area contributed by atoms with Crippen LogP contribution >= 0.6 is 22.6 Å². The van der Waals surface area contributed by atoms with Crippen LogP contribution in [-0.4, -0.2) is 30.9 Å². The minimum absolute atomic E-state index is 0.0199. The molecule has 1 amide bonds. The van der Waals surface area contributed by atoms with E-state index in [1.165, 1.54) is 25.1 Å². The van der Waals surface area contributed by atoms with Crippen LogP contribution in [0.15, 0.2) is 41.5 Å². The van der Waals surface area contributed by atoms with Gasteiger partial charge in [-0.05, 0) is 53.8 Å². The second-order valence-electron chi connectivity index (χ2n) is 7.03. The number of amides is 1. The summed E-state index contributed by atoms with van der Waals surface area (Å²) >= 11 is 1.94. The molecule has 5 N–H and O–H groups in total. The van der Waals surface area contributed by atoms with Crippen LogP contribution in [0.2, 0.25) is 0 Å². The van der Waals surface area contributed by atoms with Crippen LogP contribution in [-0.2, 0) is 16.8 Å². The molecule has 0 atom stereocenters. The lowest BCUT2D eigenvalue weighted by Gasteiger charge is -2.17. The van der Waals surface area contributed by atoms with Crippen molar-refractivity contribution >= 4 is 55.9 Å². The van der Waals surface area contributed by atoms with Gasteiger partial charge in [-0.1, -0.05) is 0 Å². The van der Waals surface area contributed by atoms with Gasteiger partial charge in [-0.25, -0.2) is 18.5 Å². The molecule has 3 aromatic rings. The number of primary amides is 1. The zero-order chi connectivity index (χ0) is 25.2. The summed E-state index contributed by atoms with van der Waals surface area (Å²) in [6.07, 6.45) is 2.29. The van der Waals surface area contributed by atoms with E-state index in [0.29, 0.717) is 3.57 Å². The maximum Gasteiger partial charge on any atom is 0.300 e. The number of carbonyl (C=O) groups excluding carboxylic acids is 1. The van der Waals surface area contributed by atoms with E-state index in [9.17, 15) is 26.8 Å². The highest BCUT2D eigenvalue weighted by atomic mass is 127. The molecule has 0 spiro atoms. The van der Waals surface area contributed by atoms with E-state index in [2.05, 4.69) is 10.3 Å². The van der Waals surface area contributed by atoms with Gasteiger partial charge in [-0.3, -0.25) is 14.3 Å². The summed E-state index contributed by atoms with van der Waals surface area (Å²) in [5.41, 5.74) is 4.78. The number of nitrogens with zero attached hydrogens (tertiary/aromatic N) is 2. The Kier molecular flexibility index (Phi) is 7.52. The third-order valence-corrected chi connectivity index (χ3v) is 6.45. The zero-order valence-corrected chi connectivity index (χ0v) is 20.8. The van der Waals surface area contributed by atoms with Gasteiger partial charge in [-0.15, -0.1) is 0 Å². The van der Waals surface area contributed by atoms with Crippen molar-refractivity contribution in [3.05, 3.63) is 78.9 Å². The predicted octanol–water partition coefficient (Wildman–Crippen LogP) is 2.20. The third-order valence-electron chi connectivity index (χ3n) is 4.78. The molecule has 3 rings (SSSR count). The summed E-state index contributed by atoms with van der Waals surface area (Å²) in [4.78, 5) is 28.8. The SMILES string of the molecule is CNS(=O)(=O)Nc1nccc(Cn2cc(C(N)=O)c(Nc3ccc(I)cc3F)c(C)c2=O)c1F. The first-order valence-corrected chi connectivity index (χ1v) is 12.1. The lowest BCUT2D eigenvalue weighted by Crippen LogP contribution is -2.29. The van der Waals surface area contributed by atoms with Crippen LogP contribution in [0.1, 0.15) is 21.5 Å².